The number of hydrogen-bond acceptors (Lipinski definition) is 3. The van der Waals surface area contributed by atoms with Gasteiger partial charge in [0.2, 0.25) is 5.91 Å². The fraction of sp³-hybridized carbons (Fsp3) is 0.588. The van der Waals surface area contributed by atoms with Gasteiger partial charge in [0, 0.05) is 17.0 Å². The highest BCUT2D eigenvalue weighted by Gasteiger charge is 2.11. The summed E-state index contributed by atoms with van der Waals surface area (Å²) in [6.07, 6.45) is 0. The highest BCUT2D eigenvalue weighted by molar-refractivity contribution is 8.00. The van der Waals surface area contributed by atoms with Crippen LogP contribution < -0.4 is 10.6 Å². The van der Waals surface area contributed by atoms with Crippen LogP contribution >= 0.6 is 11.8 Å². The van der Waals surface area contributed by atoms with Gasteiger partial charge in [-0.25, -0.2) is 0 Å². The first-order chi connectivity index (χ1) is 9.93. The van der Waals surface area contributed by atoms with Crippen molar-refractivity contribution >= 4 is 17.7 Å². The average molecular weight is 308 g/mol. The lowest BCUT2D eigenvalue weighted by molar-refractivity contribution is -0.119. The van der Waals surface area contributed by atoms with Crippen LogP contribution in [0.3, 0.4) is 0 Å². The molecule has 1 rings (SSSR count). The van der Waals surface area contributed by atoms with E-state index >= 15 is 0 Å². The van der Waals surface area contributed by atoms with E-state index in [1.165, 1.54) is 5.56 Å². The van der Waals surface area contributed by atoms with Gasteiger partial charge in [-0.3, -0.25) is 4.79 Å². The Labute approximate surface area is 133 Å². The molecule has 0 aliphatic carbocycles. The maximum Gasteiger partial charge on any atom is 0.230 e. The quantitative estimate of drug-likeness (QED) is 0.721. The molecule has 2 unspecified atom stereocenters. The van der Waals surface area contributed by atoms with E-state index in [0.717, 1.165) is 11.4 Å². The summed E-state index contributed by atoms with van der Waals surface area (Å²) in [5.41, 5.74) is 1.28. The average Bonchev–Trinajstić information content (AvgIpc) is 2.45. The summed E-state index contributed by atoms with van der Waals surface area (Å²) in [5.74, 6) is 1.04. The molecule has 2 atom stereocenters. The summed E-state index contributed by atoms with van der Waals surface area (Å²) in [4.78, 5) is 13.0. The number of carbonyl (C=O) groups is 1. The fourth-order valence-corrected chi connectivity index (χ4v) is 2.60. The largest absolute Gasteiger partial charge is 0.353 e. The van der Waals surface area contributed by atoms with E-state index in [2.05, 4.69) is 62.6 Å². The molecule has 0 bridgehead atoms. The first-order valence-corrected chi connectivity index (χ1v) is 8.68. The van der Waals surface area contributed by atoms with Crippen LogP contribution in [0, 0.1) is 5.92 Å². The first-order valence-electron chi connectivity index (χ1n) is 7.69. The first kappa shape index (κ1) is 18.1. The van der Waals surface area contributed by atoms with Crippen LogP contribution in [-0.2, 0) is 4.79 Å². The van der Waals surface area contributed by atoms with Crippen LogP contribution in [0.15, 0.2) is 29.2 Å². The minimum Gasteiger partial charge on any atom is -0.353 e. The molecule has 0 aromatic heterocycles. The van der Waals surface area contributed by atoms with E-state index in [1.54, 1.807) is 11.8 Å². The van der Waals surface area contributed by atoms with Crippen molar-refractivity contribution in [3.63, 3.8) is 0 Å². The van der Waals surface area contributed by atoms with E-state index in [-0.39, 0.29) is 11.9 Å². The zero-order valence-corrected chi connectivity index (χ0v) is 14.6. The van der Waals surface area contributed by atoms with E-state index in [4.69, 9.17) is 0 Å². The molecule has 1 aromatic carbocycles. The van der Waals surface area contributed by atoms with Crippen LogP contribution in [0.2, 0.25) is 0 Å². The lowest BCUT2D eigenvalue weighted by atomic mass is 10.1. The molecule has 0 aliphatic rings. The second-order valence-corrected chi connectivity index (χ2v) is 6.79. The molecular formula is C17H28N2OS. The Kier molecular flexibility index (Phi) is 7.83. The summed E-state index contributed by atoms with van der Waals surface area (Å²) in [6.45, 7) is 11.5. The molecule has 0 saturated carbocycles. The van der Waals surface area contributed by atoms with Gasteiger partial charge in [0.1, 0.15) is 0 Å². The minimum atomic E-state index is 0.103. The number of amides is 1. The maximum atomic E-state index is 11.8. The lowest BCUT2D eigenvalue weighted by Gasteiger charge is -2.17. The van der Waals surface area contributed by atoms with E-state index in [1.807, 2.05) is 6.92 Å². The van der Waals surface area contributed by atoms with E-state index in [9.17, 15) is 4.79 Å². The van der Waals surface area contributed by atoms with Gasteiger partial charge in [0.25, 0.3) is 0 Å². The summed E-state index contributed by atoms with van der Waals surface area (Å²) in [7, 11) is 0. The smallest absolute Gasteiger partial charge is 0.230 e. The molecule has 2 N–H and O–H groups in total. The Bertz CT molecular complexity index is 431. The van der Waals surface area contributed by atoms with Crippen LogP contribution in [0.4, 0.5) is 0 Å². The van der Waals surface area contributed by atoms with Gasteiger partial charge < -0.3 is 10.6 Å². The molecule has 0 aliphatic heterocycles. The van der Waals surface area contributed by atoms with Crippen molar-refractivity contribution in [2.45, 2.75) is 51.6 Å². The SMILES string of the molecule is CCNC(C)c1ccc(SCC(=O)NC(C)C(C)C)cc1. The standard InChI is InChI=1S/C17H28N2OS/c1-6-18-14(5)15-7-9-16(10-8-15)21-11-17(20)19-13(4)12(2)3/h7-10,12-14,18H,6,11H2,1-5H3,(H,19,20). The number of hydrogen-bond donors (Lipinski definition) is 2. The molecule has 0 radical (unpaired) electrons. The fourth-order valence-electron chi connectivity index (χ4n) is 1.89. The Hall–Kier alpha value is -1.00. The van der Waals surface area contributed by atoms with Crippen LogP contribution in [0.1, 0.15) is 46.2 Å². The van der Waals surface area contributed by atoms with Crippen molar-refractivity contribution in [2.75, 3.05) is 12.3 Å². The molecule has 21 heavy (non-hydrogen) atoms. The summed E-state index contributed by atoms with van der Waals surface area (Å²) in [5, 5.41) is 6.42. The van der Waals surface area contributed by atoms with Crippen molar-refractivity contribution in [3.8, 4) is 0 Å². The molecule has 1 aromatic rings. The third-order valence-corrected chi connectivity index (χ3v) is 4.66. The monoisotopic (exact) mass is 308 g/mol. The third-order valence-electron chi connectivity index (χ3n) is 3.65. The van der Waals surface area contributed by atoms with Crippen molar-refractivity contribution in [3.05, 3.63) is 29.8 Å². The zero-order chi connectivity index (χ0) is 15.8. The Balaban J connectivity index is 2.44. The summed E-state index contributed by atoms with van der Waals surface area (Å²) >= 11 is 1.58. The predicted octanol–water partition coefficient (Wildman–Crippen LogP) is 3.61. The van der Waals surface area contributed by atoms with Crippen molar-refractivity contribution < 1.29 is 4.79 Å². The van der Waals surface area contributed by atoms with Gasteiger partial charge in [-0.15, -0.1) is 11.8 Å². The van der Waals surface area contributed by atoms with Gasteiger partial charge in [0.05, 0.1) is 5.75 Å². The minimum absolute atomic E-state index is 0.103. The van der Waals surface area contributed by atoms with Gasteiger partial charge in [-0.2, -0.15) is 0 Å². The molecule has 0 heterocycles. The Morgan fingerprint density at radius 3 is 2.29 bits per heavy atom. The molecule has 4 heteroatoms. The Morgan fingerprint density at radius 1 is 1.14 bits per heavy atom. The molecule has 118 valence electrons. The third kappa shape index (κ3) is 6.53. The molecule has 0 fully saturated rings. The van der Waals surface area contributed by atoms with E-state index < -0.39 is 0 Å². The maximum absolute atomic E-state index is 11.8. The molecule has 3 nitrogen and oxygen atoms in total. The number of carbonyl (C=O) groups excluding carboxylic acids is 1. The van der Waals surface area contributed by atoms with Gasteiger partial charge in [-0.1, -0.05) is 32.9 Å². The second kappa shape index (κ2) is 9.11. The molecule has 0 spiro atoms. The van der Waals surface area contributed by atoms with Crippen molar-refractivity contribution in [1.29, 1.82) is 0 Å². The summed E-state index contributed by atoms with van der Waals surface area (Å²) < 4.78 is 0. The van der Waals surface area contributed by atoms with E-state index in [0.29, 0.717) is 17.7 Å². The highest BCUT2D eigenvalue weighted by Crippen LogP contribution is 2.21. The van der Waals surface area contributed by atoms with Gasteiger partial charge in [0.15, 0.2) is 0 Å². The number of nitrogens with one attached hydrogen (secondary N) is 2. The topological polar surface area (TPSA) is 41.1 Å². The number of rotatable bonds is 8. The zero-order valence-electron chi connectivity index (χ0n) is 13.8. The predicted molar refractivity (Wildman–Crippen MR) is 91.7 cm³/mol. The number of benzene rings is 1. The molecule has 1 amide bonds. The van der Waals surface area contributed by atoms with Crippen molar-refractivity contribution in [2.24, 2.45) is 5.92 Å². The summed E-state index contributed by atoms with van der Waals surface area (Å²) in [6, 6.07) is 9.03. The second-order valence-electron chi connectivity index (χ2n) is 5.74. The van der Waals surface area contributed by atoms with Crippen molar-refractivity contribution in [1.82, 2.24) is 10.6 Å². The van der Waals surface area contributed by atoms with Crippen LogP contribution in [0.25, 0.3) is 0 Å². The lowest BCUT2D eigenvalue weighted by Crippen LogP contribution is -2.37. The highest BCUT2D eigenvalue weighted by atomic mass is 32.2. The van der Waals surface area contributed by atoms with Crippen LogP contribution in [0.5, 0.6) is 0 Å². The number of thioether (sulfide) groups is 1. The normalized spacial score (nSPS) is 14.0. The molecule has 0 saturated heterocycles. The van der Waals surface area contributed by atoms with Gasteiger partial charge in [-0.05, 0) is 44.0 Å². The van der Waals surface area contributed by atoms with Gasteiger partial charge >= 0.3 is 0 Å². The molecular weight excluding hydrogens is 280 g/mol. The van der Waals surface area contributed by atoms with Crippen LogP contribution in [-0.4, -0.2) is 24.2 Å². The Morgan fingerprint density at radius 2 is 1.76 bits per heavy atom.